The number of carbonyl (C=O) groups is 4. The van der Waals surface area contributed by atoms with Gasteiger partial charge in [-0.05, 0) is 117 Å². The number of hydrogen-bond acceptors (Lipinski definition) is 9. The van der Waals surface area contributed by atoms with Crippen LogP contribution < -0.4 is 15.5 Å². The van der Waals surface area contributed by atoms with Crippen LogP contribution in [0.3, 0.4) is 0 Å². The second kappa shape index (κ2) is 18.1. The predicted molar refractivity (Wildman–Crippen MR) is 246 cm³/mol. The van der Waals surface area contributed by atoms with E-state index >= 15 is 0 Å². The minimum atomic E-state index is -1.22. The van der Waals surface area contributed by atoms with Gasteiger partial charge in [0.1, 0.15) is 23.7 Å². The zero-order chi connectivity index (χ0) is 46.3. The maximum atomic E-state index is 13.9. The van der Waals surface area contributed by atoms with Crippen molar-refractivity contribution in [3.63, 3.8) is 0 Å². The fourth-order valence-corrected chi connectivity index (χ4v) is 10.1. The number of aromatic amines is 2. The number of anilines is 1. The van der Waals surface area contributed by atoms with E-state index in [9.17, 15) is 29.5 Å². The summed E-state index contributed by atoms with van der Waals surface area (Å²) in [5, 5.41) is 24.5. The minimum Gasteiger partial charge on any atom is -0.465 e. The number of benzene rings is 3. The lowest BCUT2D eigenvalue weighted by molar-refractivity contribution is -0.136. The Morgan fingerprint density at radius 3 is 1.83 bits per heavy atom. The Balaban J connectivity index is 1.10. The van der Waals surface area contributed by atoms with Crippen LogP contribution in [0, 0.1) is 23.2 Å². The molecule has 65 heavy (non-hydrogen) atoms. The van der Waals surface area contributed by atoms with E-state index in [2.05, 4.69) is 74.0 Å². The summed E-state index contributed by atoms with van der Waals surface area (Å²) in [4.78, 5) is 74.5. The van der Waals surface area contributed by atoms with Gasteiger partial charge in [0.25, 0.3) is 0 Å². The molecule has 0 spiro atoms. The van der Waals surface area contributed by atoms with Crippen molar-refractivity contribution in [2.75, 3.05) is 25.1 Å². The summed E-state index contributed by atoms with van der Waals surface area (Å²) in [6, 6.07) is 21.3. The molecule has 8 rings (SSSR count). The molecule has 3 saturated heterocycles. The number of aromatic nitrogens is 4. The molecule has 1 unspecified atom stereocenters. The fraction of sp³-hybridized carbons (Fsp3) is 0.490. The van der Waals surface area contributed by atoms with E-state index in [0.717, 1.165) is 88.8 Å². The minimum absolute atomic E-state index is 0.0135. The van der Waals surface area contributed by atoms with Crippen LogP contribution >= 0.6 is 0 Å². The quantitative estimate of drug-likeness (QED) is 0.0808. The van der Waals surface area contributed by atoms with E-state index in [0.29, 0.717) is 18.9 Å². The van der Waals surface area contributed by atoms with Gasteiger partial charge >= 0.3 is 12.2 Å². The van der Waals surface area contributed by atoms with Crippen molar-refractivity contribution < 1.29 is 29.0 Å². The van der Waals surface area contributed by atoms with E-state index in [4.69, 9.17) is 14.7 Å². The van der Waals surface area contributed by atoms with Crippen LogP contribution in [0.2, 0.25) is 0 Å². The van der Waals surface area contributed by atoms with Gasteiger partial charge in [-0.1, -0.05) is 52.0 Å². The largest absolute Gasteiger partial charge is 0.465 e. The molecule has 0 radical (unpaired) electrons. The van der Waals surface area contributed by atoms with E-state index in [1.807, 2.05) is 64.6 Å². The van der Waals surface area contributed by atoms with Crippen molar-refractivity contribution >= 4 is 51.8 Å². The molecule has 6 atom stereocenters. The molecule has 16 nitrogen and oxygen atoms in total. The fourth-order valence-electron chi connectivity index (χ4n) is 10.1. The van der Waals surface area contributed by atoms with Gasteiger partial charge in [-0.3, -0.25) is 9.59 Å². The molecule has 3 aliphatic heterocycles. The molecule has 5 heterocycles. The number of rotatable bonds is 12. The first-order valence-electron chi connectivity index (χ1n) is 22.8. The maximum Gasteiger partial charge on any atom is 0.407 e. The number of amides is 4. The average Bonchev–Trinajstić information content (AvgIpc) is 4.15. The molecule has 0 aliphatic carbocycles. The molecular weight excluding hydrogens is 825 g/mol. The molecule has 16 heteroatoms. The number of H-pyrrole nitrogens is 2. The number of carboxylic acid groups (broad SMARTS) is 1. The van der Waals surface area contributed by atoms with E-state index in [-0.39, 0.29) is 47.8 Å². The number of nitriles is 1. The van der Waals surface area contributed by atoms with Crippen LogP contribution in [-0.4, -0.2) is 91.1 Å². The zero-order valence-corrected chi connectivity index (χ0v) is 38.2. The lowest BCUT2D eigenvalue weighted by atomic mass is 9.86. The maximum absolute atomic E-state index is 13.9. The molecule has 5 aromatic rings. The first-order valence-corrected chi connectivity index (χ1v) is 22.8. The SMILES string of the molecule is COC(=O)N[C@H](C(=O)N1CCC[C@H]1c1nc2cc(C3CC[C@H](c4ccc5nc([C@@H]6CCCN6C(=O)[C@@H](NC(=O)O)C(C)C)[nH]c5c4)N3c3ccc(C(C)(C)C#N)cc3)ccc2[nH]1)C(C)C. The third-order valence-corrected chi connectivity index (χ3v) is 13.7. The lowest BCUT2D eigenvalue weighted by Crippen LogP contribution is -2.51. The molecule has 3 aliphatic rings. The summed E-state index contributed by atoms with van der Waals surface area (Å²) in [7, 11) is 1.29. The first kappa shape index (κ1) is 45.0. The molecule has 3 fully saturated rings. The highest BCUT2D eigenvalue weighted by Crippen LogP contribution is 2.48. The van der Waals surface area contributed by atoms with Gasteiger partial charge in [0.05, 0.1) is 64.8 Å². The van der Waals surface area contributed by atoms with E-state index < -0.39 is 29.7 Å². The standard InChI is InChI=1S/C49H60N10O6/c1-27(2)41(55-47(62)63)45(60)57-22-8-10-39(57)43-51-33-18-12-29(24-35(33)53-43)37-20-21-38(59(37)32-16-14-31(15-17-32)49(5,6)26-50)30-13-19-34-36(25-30)54-44(52-34)40-11-9-23-58(40)46(61)42(28(3)4)56-48(64)65-7/h12-19,24-25,27-28,37-42,55H,8-11,20-23H2,1-7H3,(H,51,53)(H,52,54)(H,56,64)(H,62,63)/t37-,38?,39+,40+,41+,42+/m1/s1. The van der Waals surface area contributed by atoms with E-state index in [1.165, 1.54) is 7.11 Å². The predicted octanol–water partition coefficient (Wildman–Crippen LogP) is 8.32. The van der Waals surface area contributed by atoms with Crippen LogP contribution in [-0.2, 0) is 19.7 Å². The number of likely N-dealkylation sites (tertiary alicyclic amines) is 2. The number of hydrogen-bond donors (Lipinski definition) is 5. The van der Waals surface area contributed by atoms with Crippen molar-refractivity contribution in [3.05, 3.63) is 89.0 Å². The van der Waals surface area contributed by atoms with E-state index in [1.54, 1.807) is 4.90 Å². The summed E-state index contributed by atoms with van der Waals surface area (Å²) in [5.41, 5.74) is 6.86. The van der Waals surface area contributed by atoms with Crippen molar-refractivity contribution in [2.45, 2.75) is 122 Å². The summed E-state index contributed by atoms with van der Waals surface area (Å²) in [6.07, 6.45) is 2.94. The Morgan fingerprint density at radius 1 is 0.738 bits per heavy atom. The number of fused-ring (bicyclic) bond motifs is 2. The number of nitrogens with zero attached hydrogens (tertiary/aromatic N) is 6. The zero-order valence-electron chi connectivity index (χ0n) is 38.2. The molecule has 5 N–H and O–H groups in total. The Labute approximate surface area is 379 Å². The van der Waals surface area contributed by atoms with Gasteiger partial charge in [-0.2, -0.15) is 5.26 Å². The van der Waals surface area contributed by atoms with Gasteiger partial charge in [-0.25, -0.2) is 19.6 Å². The Bertz CT molecular complexity index is 2630. The van der Waals surface area contributed by atoms with Crippen molar-refractivity contribution in [3.8, 4) is 6.07 Å². The Kier molecular flexibility index (Phi) is 12.5. The average molecular weight is 885 g/mol. The summed E-state index contributed by atoms with van der Waals surface area (Å²) >= 11 is 0. The normalized spacial score (nSPS) is 21.0. The van der Waals surface area contributed by atoms with Gasteiger partial charge < -0.3 is 45.1 Å². The molecule has 3 aromatic carbocycles. The Morgan fingerprint density at radius 2 is 1.28 bits per heavy atom. The van der Waals surface area contributed by atoms with Crippen molar-refractivity contribution in [1.82, 2.24) is 40.4 Å². The van der Waals surface area contributed by atoms with Gasteiger partial charge in [-0.15, -0.1) is 0 Å². The monoisotopic (exact) mass is 884 g/mol. The lowest BCUT2D eigenvalue weighted by Gasteiger charge is -2.34. The van der Waals surface area contributed by atoms with Crippen LogP contribution in [0.5, 0.6) is 0 Å². The van der Waals surface area contributed by atoms with Gasteiger partial charge in [0.15, 0.2) is 0 Å². The summed E-state index contributed by atoms with van der Waals surface area (Å²) in [5.74, 6) is 0.650. The van der Waals surface area contributed by atoms with Gasteiger partial charge in [0, 0.05) is 18.8 Å². The number of methoxy groups -OCH3 is 1. The topological polar surface area (TPSA) is 213 Å². The Hall–Kier alpha value is -6.63. The highest BCUT2D eigenvalue weighted by molar-refractivity contribution is 5.87. The number of imidazole rings is 2. The summed E-state index contributed by atoms with van der Waals surface area (Å²) < 4.78 is 4.82. The van der Waals surface area contributed by atoms with Crippen LogP contribution in [0.25, 0.3) is 22.1 Å². The highest BCUT2D eigenvalue weighted by atomic mass is 16.5. The summed E-state index contributed by atoms with van der Waals surface area (Å²) in [6.45, 7) is 12.4. The number of alkyl carbamates (subject to hydrolysis) is 1. The molecule has 4 amide bonds. The van der Waals surface area contributed by atoms with Crippen LogP contribution in [0.1, 0.15) is 133 Å². The second-order valence-corrected chi connectivity index (χ2v) is 19.0. The smallest absolute Gasteiger partial charge is 0.407 e. The number of nitrogens with one attached hydrogen (secondary N) is 4. The highest BCUT2D eigenvalue weighted by Gasteiger charge is 2.40. The molecule has 2 aromatic heterocycles. The van der Waals surface area contributed by atoms with Crippen molar-refractivity contribution in [1.29, 1.82) is 5.26 Å². The molecule has 342 valence electrons. The third-order valence-electron chi connectivity index (χ3n) is 13.7. The molecular formula is C49H60N10O6. The van der Waals surface area contributed by atoms with Crippen LogP contribution in [0.4, 0.5) is 15.3 Å². The number of ether oxygens (including phenoxy) is 1. The van der Waals surface area contributed by atoms with Crippen molar-refractivity contribution in [2.24, 2.45) is 11.8 Å². The molecule has 0 bridgehead atoms. The van der Waals surface area contributed by atoms with Gasteiger partial charge in [0.2, 0.25) is 11.8 Å². The van der Waals surface area contributed by atoms with Crippen LogP contribution in [0.15, 0.2) is 60.7 Å². The number of carbonyl (C=O) groups excluding carboxylic acids is 3. The second-order valence-electron chi connectivity index (χ2n) is 19.0. The first-order chi connectivity index (χ1) is 31.1. The molecule has 0 saturated carbocycles. The third kappa shape index (κ3) is 8.80.